The predicted octanol–water partition coefficient (Wildman–Crippen LogP) is 5.47. The summed E-state index contributed by atoms with van der Waals surface area (Å²) in [7, 11) is 1.64. The Morgan fingerprint density at radius 3 is 2.30 bits per heavy atom. The molecule has 4 rings (SSSR count). The first-order chi connectivity index (χ1) is 16.2. The molecule has 176 valence electrons. The van der Waals surface area contributed by atoms with E-state index in [4.69, 9.17) is 9.47 Å². The number of hydrogen-bond acceptors (Lipinski definition) is 4. The van der Waals surface area contributed by atoms with Crippen LogP contribution in [-0.2, 0) is 11.3 Å². The van der Waals surface area contributed by atoms with E-state index in [2.05, 4.69) is 34.6 Å². The topological polar surface area (TPSA) is 43.7 Å². The predicted molar refractivity (Wildman–Crippen MR) is 133 cm³/mol. The quantitative estimate of drug-likeness (QED) is 0.288. The molecule has 0 atom stereocenters. The highest BCUT2D eigenvalue weighted by Crippen LogP contribution is 2.29. The van der Waals surface area contributed by atoms with Gasteiger partial charge in [0.2, 0.25) is 0 Å². The normalized spacial score (nSPS) is 14.6. The number of ketones is 1. The van der Waals surface area contributed by atoms with Crippen LogP contribution in [0.3, 0.4) is 0 Å². The first kappa shape index (κ1) is 23.5. The number of aromatic nitrogens is 1. The van der Waals surface area contributed by atoms with Crippen LogP contribution in [0.15, 0.2) is 48.5 Å². The van der Waals surface area contributed by atoms with E-state index in [1.54, 1.807) is 7.11 Å². The zero-order chi connectivity index (χ0) is 23.0. The average molecular weight is 449 g/mol. The van der Waals surface area contributed by atoms with Crippen molar-refractivity contribution in [3.63, 3.8) is 0 Å². The van der Waals surface area contributed by atoms with Crippen molar-refractivity contribution >= 4 is 16.7 Å². The van der Waals surface area contributed by atoms with Crippen LogP contribution in [0.5, 0.6) is 5.75 Å². The van der Waals surface area contributed by atoms with Crippen LogP contribution in [0, 0.1) is 6.92 Å². The van der Waals surface area contributed by atoms with Gasteiger partial charge >= 0.3 is 0 Å². The summed E-state index contributed by atoms with van der Waals surface area (Å²) in [4.78, 5) is 15.9. The summed E-state index contributed by atoms with van der Waals surface area (Å²) in [6.07, 6.45) is 6.17. The number of carbonyl (C=O) groups excluding carboxylic acids is 1. The van der Waals surface area contributed by atoms with E-state index in [9.17, 15) is 4.79 Å². The second-order valence-electron chi connectivity index (χ2n) is 8.91. The Labute approximate surface area is 197 Å². The molecule has 0 unspecified atom stereocenters. The van der Waals surface area contributed by atoms with Crippen molar-refractivity contribution in [2.45, 2.75) is 45.6 Å². The molecule has 0 N–H and O–H groups in total. The van der Waals surface area contributed by atoms with Gasteiger partial charge in [-0.05, 0) is 56.6 Å². The fourth-order valence-electron chi connectivity index (χ4n) is 4.85. The monoisotopic (exact) mass is 448 g/mol. The molecule has 0 spiro atoms. The first-order valence-electron chi connectivity index (χ1n) is 12.3. The number of fused-ring (bicyclic) bond motifs is 1. The van der Waals surface area contributed by atoms with Gasteiger partial charge < -0.3 is 14.0 Å². The highest BCUT2D eigenvalue weighted by Gasteiger charge is 2.20. The SMILES string of the molecule is COc1ccc(C(=O)c2c(C)n(CCCCCCCN3CCOCC3)c3ccccc23)cc1. The standard InChI is InChI=1S/C28H36N2O3/c1-22-27(28(31)23-12-14-24(32-2)15-13-23)25-10-6-7-11-26(25)30(22)17-9-5-3-4-8-16-29-18-20-33-21-19-29/h6-7,10-15H,3-5,8-9,16-21H2,1-2H3. The van der Waals surface area contributed by atoms with E-state index in [-0.39, 0.29) is 5.78 Å². The molecule has 33 heavy (non-hydrogen) atoms. The van der Waals surface area contributed by atoms with Crippen LogP contribution in [0.1, 0.15) is 53.7 Å². The third kappa shape index (κ3) is 5.66. The lowest BCUT2D eigenvalue weighted by Crippen LogP contribution is -2.36. The lowest BCUT2D eigenvalue weighted by Gasteiger charge is -2.26. The zero-order valence-corrected chi connectivity index (χ0v) is 20.0. The molecule has 5 nitrogen and oxygen atoms in total. The lowest BCUT2D eigenvalue weighted by atomic mass is 10.0. The number of morpholine rings is 1. The number of rotatable bonds is 11. The number of benzene rings is 2. The fourth-order valence-corrected chi connectivity index (χ4v) is 4.85. The van der Waals surface area contributed by atoms with Gasteiger partial charge in [-0.1, -0.05) is 37.5 Å². The summed E-state index contributed by atoms with van der Waals surface area (Å²) in [5.41, 5.74) is 3.73. The Morgan fingerprint density at radius 2 is 1.58 bits per heavy atom. The molecule has 1 fully saturated rings. The minimum Gasteiger partial charge on any atom is -0.497 e. The Hall–Kier alpha value is -2.63. The van der Waals surface area contributed by atoms with Crippen LogP contribution in [-0.4, -0.2) is 55.2 Å². The summed E-state index contributed by atoms with van der Waals surface area (Å²) in [6.45, 7) is 8.15. The number of aryl methyl sites for hydroxylation is 1. The number of carbonyl (C=O) groups is 1. The smallest absolute Gasteiger partial charge is 0.195 e. The Morgan fingerprint density at radius 1 is 0.909 bits per heavy atom. The van der Waals surface area contributed by atoms with Gasteiger partial charge in [0.05, 0.1) is 25.9 Å². The molecule has 0 aliphatic carbocycles. The summed E-state index contributed by atoms with van der Waals surface area (Å²) in [5.74, 6) is 0.837. The summed E-state index contributed by atoms with van der Waals surface area (Å²) >= 11 is 0. The van der Waals surface area contributed by atoms with Crippen molar-refractivity contribution in [1.82, 2.24) is 9.47 Å². The maximum Gasteiger partial charge on any atom is 0.195 e. The molecule has 1 aliphatic heterocycles. The van der Waals surface area contributed by atoms with Gasteiger partial charge in [0.1, 0.15) is 5.75 Å². The van der Waals surface area contributed by atoms with E-state index in [0.717, 1.165) is 67.2 Å². The number of unbranched alkanes of at least 4 members (excludes halogenated alkanes) is 4. The van der Waals surface area contributed by atoms with E-state index < -0.39 is 0 Å². The Balaban J connectivity index is 1.36. The summed E-state index contributed by atoms with van der Waals surface area (Å²) in [6, 6.07) is 15.7. The van der Waals surface area contributed by atoms with Gasteiger partial charge in [-0.25, -0.2) is 0 Å². The Kier molecular flexibility index (Phi) is 8.19. The van der Waals surface area contributed by atoms with Crippen molar-refractivity contribution in [3.8, 4) is 5.75 Å². The molecule has 0 radical (unpaired) electrons. The van der Waals surface area contributed by atoms with Crippen molar-refractivity contribution in [3.05, 3.63) is 65.4 Å². The summed E-state index contributed by atoms with van der Waals surface area (Å²) < 4.78 is 13.0. The second-order valence-corrected chi connectivity index (χ2v) is 8.91. The summed E-state index contributed by atoms with van der Waals surface area (Å²) in [5, 5.41) is 1.04. The van der Waals surface area contributed by atoms with Gasteiger partial charge in [-0.15, -0.1) is 0 Å². The number of para-hydroxylation sites is 1. The lowest BCUT2D eigenvalue weighted by molar-refractivity contribution is 0.0371. The molecule has 2 aromatic carbocycles. The molecule has 2 heterocycles. The van der Waals surface area contributed by atoms with Crippen molar-refractivity contribution in [2.75, 3.05) is 40.0 Å². The van der Waals surface area contributed by atoms with Crippen molar-refractivity contribution in [2.24, 2.45) is 0 Å². The maximum atomic E-state index is 13.4. The highest BCUT2D eigenvalue weighted by atomic mass is 16.5. The van der Waals surface area contributed by atoms with E-state index in [1.807, 2.05) is 30.3 Å². The number of nitrogens with zero attached hydrogens (tertiary/aromatic N) is 2. The molecular weight excluding hydrogens is 412 g/mol. The average Bonchev–Trinajstić information content (AvgIpc) is 3.14. The molecule has 1 aliphatic rings. The van der Waals surface area contributed by atoms with Gasteiger partial charge in [-0.3, -0.25) is 9.69 Å². The van der Waals surface area contributed by atoms with Crippen molar-refractivity contribution in [1.29, 1.82) is 0 Å². The van der Waals surface area contributed by atoms with E-state index >= 15 is 0 Å². The minimum atomic E-state index is 0.0771. The highest BCUT2D eigenvalue weighted by molar-refractivity contribution is 6.17. The van der Waals surface area contributed by atoms with Gasteiger partial charge in [0.25, 0.3) is 0 Å². The van der Waals surface area contributed by atoms with Crippen LogP contribution in [0.25, 0.3) is 10.9 Å². The second kappa shape index (κ2) is 11.5. The number of ether oxygens (including phenoxy) is 2. The van der Waals surface area contributed by atoms with Gasteiger partial charge in [0.15, 0.2) is 5.78 Å². The number of methoxy groups -OCH3 is 1. The van der Waals surface area contributed by atoms with Crippen LogP contribution in [0.2, 0.25) is 0 Å². The van der Waals surface area contributed by atoms with Crippen LogP contribution < -0.4 is 4.74 Å². The van der Waals surface area contributed by atoms with E-state index in [0.29, 0.717) is 5.56 Å². The molecule has 0 saturated carbocycles. The molecule has 1 saturated heterocycles. The first-order valence-corrected chi connectivity index (χ1v) is 12.3. The molecular formula is C28H36N2O3. The fraction of sp³-hybridized carbons (Fsp3) is 0.464. The largest absolute Gasteiger partial charge is 0.497 e. The van der Waals surface area contributed by atoms with Crippen LogP contribution in [0.4, 0.5) is 0 Å². The van der Waals surface area contributed by atoms with Gasteiger partial charge in [0, 0.05) is 41.8 Å². The molecule has 0 bridgehead atoms. The zero-order valence-electron chi connectivity index (χ0n) is 20.0. The van der Waals surface area contributed by atoms with Crippen LogP contribution >= 0.6 is 0 Å². The van der Waals surface area contributed by atoms with E-state index in [1.165, 1.54) is 32.2 Å². The molecule has 3 aromatic rings. The Bertz CT molecular complexity index is 1050. The third-order valence-electron chi connectivity index (χ3n) is 6.77. The number of hydrogen-bond donors (Lipinski definition) is 0. The molecule has 1 aromatic heterocycles. The van der Waals surface area contributed by atoms with Crippen molar-refractivity contribution < 1.29 is 14.3 Å². The molecule has 0 amide bonds. The third-order valence-corrected chi connectivity index (χ3v) is 6.77. The molecule has 5 heteroatoms. The minimum absolute atomic E-state index is 0.0771. The maximum absolute atomic E-state index is 13.4. The van der Waals surface area contributed by atoms with Gasteiger partial charge in [-0.2, -0.15) is 0 Å².